The van der Waals surface area contributed by atoms with Crippen molar-refractivity contribution in [3.8, 4) is 0 Å². The maximum absolute atomic E-state index is 12.5. The van der Waals surface area contributed by atoms with E-state index in [4.69, 9.17) is 0 Å². The number of carbonyl (C=O) groups excluding carboxylic acids is 1. The van der Waals surface area contributed by atoms with Crippen molar-refractivity contribution < 1.29 is 4.79 Å². The zero-order valence-electron chi connectivity index (χ0n) is 14.6. The zero-order chi connectivity index (χ0) is 16.9. The number of aryl methyl sites for hydroxylation is 3. The first-order valence-corrected chi connectivity index (χ1v) is 8.79. The van der Waals surface area contributed by atoms with Crippen molar-refractivity contribution in [1.29, 1.82) is 0 Å². The molecule has 1 aliphatic heterocycles. The highest BCUT2D eigenvalue weighted by atomic mass is 16.2. The Kier molecular flexibility index (Phi) is 5.28. The van der Waals surface area contributed by atoms with Gasteiger partial charge in [-0.3, -0.25) is 14.5 Å². The topological polar surface area (TPSA) is 51.0 Å². The van der Waals surface area contributed by atoms with Crippen molar-refractivity contribution in [2.45, 2.75) is 46.1 Å². The van der Waals surface area contributed by atoms with Gasteiger partial charge in [-0.2, -0.15) is 5.10 Å². The van der Waals surface area contributed by atoms with Crippen LogP contribution in [0.3, 0.4) is 0 Å². The van der Waals surface area contributed by atoms with Crippen molar-refractivity contribution in [2.75, 3.05) is 13.1 Å². The van der Waals surface area contributed by atoms with Crippen molar-refractivity contribution in [3.05, 3.63) is 47.5 Å². The zero-order valence-corrected chi connectivity index (χ0v) is 14.6. The van der Waals surface area contributed by atoms with Crippen LogP contribution in [-0.2, 0) is 17.8 Å². The summed E-state index contributed by atoms with van der Waals surface area (Å²) in [7, 11) is 0. The first-order valence-electron chi connectivity index (χ1n) is 8.79. The van der Waals surface area contributed by atoms with Crippen molar-refractivity contribution in [1.82, 2.24) is 19.7 Å². The maximum atomic E-state index is 12.5. The van der Waals surface area contributed by atoms with Crippen molar-refractivity contribution in [3.63, 3.8) is 0 Å². The van der Waals surface area contributed by atoms with Gasteiger partial charge < -0.3 is 4.90 Å². The van der Waals surface area contributed by atoms with Gasteiger partial charge in [-0.25, -0.2) is 0 Å². The van der Waals surface area contributed by atoms with Crippen LogP contribution in [0.2, 0.25) is 0 Å². The van der Waals surface area contributed by atoms with E-state index in [1.165, 1.54) is 12.0 Å². The van der Waals surface area contributed by atoms with Gasteiger partial charge in [-0.15, -0.1) is 0 Å². The molecule has 0 spiro atoms. The quantitative estimate of drug-likeness (QED) is 0.849. The summed E-state index contributed by atoms with van der Waals surface area (Å²) in [6.07, 6.45) is 7.58. The Hall–Kier alpha value is -2.17. The largest absolute Gasteiger partial charge is 0.342 e. The molecule has 0 aliphatic carbocycles. The van der Waals surface area contributed by atoms with Crippen molar-refractivity contribution in [2.24, 2.45) is 5.92 Å². The number of amides is 1. The first kappa shape index (κ1) is 16.7. The molecule has 24 heavy (non-hydrogen) atoms. The summed E-state index contributed by atoms with van der Waals surface area (Å²) in [6, 6.07) is 6.19. The van der Waals surface area contributed by atoms with Gasteiger partial charge in [0.15, 0.2) is 0 Å². The lowest BCUT2D eigenvalue weighted by atomic mass is 9.91. The molecule has 0 saturated carbocycles. The Morgan fingerprint density at radius 1 is 1.29 bits per heavy atom. The second-order valence-electron chi connectivity index (χ2n) is 6.81. The molecular formula is C19H26N4O. The Balaban J connectivity index is 1.51. The van der Waals surface area contributed by atoms with Gasteiger partial charge in [-0.05, 0) is 56.7 Å². The fourth-order valence-electron chi connectivity index (χ4n) is 3.40. The van der Waals surface area contributed by atoms with E-state index in [-0.39, 0.29) is 5.91 Å². The van der Waals surface area contributed by atoms with E-state index in [9.17, 15) is 4.79 Å². The SMILES string of the molecule is Cc1ccc(CC2CCCN(C(=O)CCn3nccc3C)C2)cn1. The summed E-state index contributed by atoms with van der Waals surface area (Å²) in [6.45, 7) is 6.45. The lowest BCUT2D eigenvalue weighted by Crippen LogP contribution is -2.40. The molecule has 1 aliphatic rings. The Morgan fingerprint density at radius 2 is 2.17 bits per heavy atom. The van der Waals surface area contributed by atoms with Gasteiger partial charge in [0.2, 0.25) is 5.91 Å². The van der Waals surface area contributed by atoms with Crippen LogP contribution >= 0.6 is 0 Å². The van der Waals surface area contributed by atoms with E-state index >= 15 is 0 Å². The third kappa shape index (κ3) is 4.22. The first-order chi connectivity index (χ1) is 11.6. The molecular weight excluding hydrogens is 300 g/mol. The van der Waals surface area contributed by atoms with Gasteiger partial charge in [0.05, 0.1) is 0 Å². The number of carbonyl (C=O) groups is 1. The Labute approximate surface area is 143 Å². The second-order valence-corrected chi connectivity index (χ2v) is 6.81. The molecule has 1 unspecified atom stereocenters. The minimum Gasteiger partial charge on any atom is -0.342 e. The smallest absolute Gasteiger partial charge is 0.224 e. The average molecular weight is 326 g/mol. The molecule has 1 amide bonds. The molecule has 5 heteroatoms. The van der Waals surface area contributed by atoms with E-state index in [1.807, 2.05) is 35.7 Å². The predicted molar refractivity (Wildman–Crippen MR) is 93.6 cm³/mol. The van der Waals surface area contributed by atoms with E-state index in [2.05, 4.69) is 22.2 Å². The summed E-state index contributed by atoms with van der Waals surface area (Å²) in [5.74, 6) is 0.787. The standard InChI is InChI=1S/C19H26N4O/c1-15-5-6-17(13-20-15)12-18-4-3-10-22(14-18)19(24)8-11-23-16(2)7-9-21-23/h5-7,9,13,18H,3-4,8,10-12,14H2,1-2H3. The third-order valence-electron chi connectivity index (χ3n) is 4.84. The summed E-state index contributed by atoms with van der Waals surface area (Å²) < 4.78 is 1.90. The summed E-state index contributed by atoms with van der Waals surface area (Å²) in [5, 5.41) is 4.25. The number of pyridine rings is 1. The number of rotatable bonds is 5. The average Bonchev–Trinajstić information content (AvgIpc) is 3.00. The van der Waals surface area contributed by atoms with Gasteiger partial charge in [0.25, 0.3) is 0 Å². The van der Waals surface area contributed by atoms with Gasteiger partial charge in [0.1, 0.15) is 0 Å². The highest BCUT2D eigenvalue weighted by Gasteiger charge is 2.23. The van der Waals surface area contributed by atoms with Gasteiger partial charge >= 0.3 is 0 Å². The Bertz CT molecular complexity index is 677. The molecule has 1 saturated heterocycles. The molecule has 0 aromatic carbocycles. The molecule has 0 bridgehead atoms. The maximum Gasteiger partial charge on any atom is 0.224 e. The molecule has 0 radical (unpaired) electrons. The fraction of sp³-hybridized carbons (Fsp3) is 0.526. The van der Waals surface area contributed by atoms with E-state index in [1.54, 1.807) is 6.20 Å². The molecule has 3 heterocycles. The monoisotopic (exact) mass is 326 g/mol. The highest BCUT2D eigenvalue weighted by Crippen LogP contribution is 2.21. The summed E-state index contributed by atoms with van der Waals surface area (Å²) in [4.78, 5) is 18.9. The van der Waals surface area contributed by atoms with E-state index in [0.717, 1.165) is 37.3 Å². The van der Waals surface area contributed by atoms with Crippen LogP contribution in [0.5, 0.6) is 0 Å². The fourth-order valence-corrected chi connectivity index (χ4v) is 3.40. The van der Waals surface area contributed by atoms with Crippen LogP contribution in [-0.4, -0.2) is 38.7 Å². The van der Waals surface area contributed by atoms with Crippen LogP contribution in [0.15, 0.2) is 30.6 Å². The normalized spacial score (nSPS) is 17.9. The molecule has 3 rings (SSSR count). The number of hydrogen-bond acceptors (Lipinski definition) is 3. The van der Waals surface area contributed by atoms with Crippen LogP contribution < -0.4 is 0 Å². The predicted octanol–water partition coefficient (Wildman–Crippen LogP) is 2.77. The molecule has 128 valence electrons. The number of piperidine rings is 1. The van der Waals surface area contributed by atoms with Gasteiger partial charge in [0, 0.05) is 49.8 Å². The number of nitrogens with zero attached hydrogens (tertiary/aromatic N) is 4. The van der Waals surface area contributed by atoms with Crippen LogP contribution in [0.4, 0.5) is 0 Å². The van der Waals surface area contributed by atoms with Gasteiger partial charge in [-0.1, -0.05) is 6.07 Å². The summed E-state index contributed by atoms with van der Waals surface area (Å²) in [5.41, 5.74) is 3.42. The minimum absolute atomic E-state index is 0.247. The van der Waals surface area contributed by atoms with E-state index in [0.29, 0.717) is 18.9 Å². The van der Waals surface area contributed by atoms with Crippen LogP contribution in [0.1, 0.15) is 36.2 Å². The molecule has 2 aromatic heterocycles. The molecule has 1 atom stereocenters. The third-order valence-corrected chi connectivity index (χ3v) is 4.84. The lowest BCUT2D eigenvalue weighted by molar-refractivity contribution is -0.133. The number of likely N-dealkylation sites (tertiary alicyclic amines) is 1. The van der Waals surface area contributed by atoms with Crippen LogP contribution in [0, 0.1) is 19.8 Å². The summed E-state index contributed by atoms with van der Waals surface area (Å²) >= 11 is 0. The molecule has 2 aromatic rings. The molecule has 5 nitrogen and oxygen atoms in total. The Morgan fingerprint density at radius 3 is 2.88 bits per heavy atom. The van der Waals surface area contributed by atoms with E-state index < -0.39 is 0 Å². The molecule has 1 fully saturated rings. The lowest BCUT2D eigenvalue weighted by Gasteiger charge is -2.33. The molecule has 0 N–H and O–H groups in total. The number of aromatic nitrogens is 3. The van der Waals surface area contributed by atoms with Crippen molar-refractivity contribution >= 4 is 5.91 Å². The highest BCUT2D eigenvalue weighted by molar-refractivity contribution is 5.76. The minimum atomic E-state index is 0.247. The second kappa shape index (κ2) is 7.60. The van der Waals surface area contributed by atoms with Crippen LogP contribution in [0.25, 0.3) is 0 Å². The number of hydrogen-bond donors (Lipinski definition) is 0.